The van der Waals surface area contributed by atoms with Crippen LogP contribution in [0, 0.1) is 0 Å². The topological polar surface area (TPSA) is 74.3 Å². The van der Waals surface area contributed by atoms with Gasteiger partial charge in [-0.3, -0.25) is 0 Å². The van der Waals surface area contributed by atoms with Gasteiger partial charge in [-0.1, -0.05) is 42.5 Å². The van der Waals surface area contributed by atoms with Crippen molar-refractivity contribution in [2.24, 2.45) is 0 Å². The van der Waals surface area contributed by atoms with E-state index >= 15 is 0 Å². The van der Waals surface area contributed by atoms with E-state index in [2.05, 4.69) is 0 Å². The number of esters is 2. The second-order valence-corrected chi connectivity index (χ2v) is 8.84. The van der Waals surface area contributed by atoms with Crippen LogP contribution in [0.4, 0.5) is 17.1 Å². The Morgan fingerprint density at radius 3 is 1.20 bits per heavy atom. The molecular weight excluding hydrogens is 518 g/mol. The van der Waals surface area contributed by atoms with Crippen molar-refractivity contribution in [2.75, 3.05) is 19.1 Å². The van der Waals surface area contributed by atoms with Gasteiger partial charge in [0, 0.05) is 11.4 Å². The zero-order chi connectivity index (χ0) is 28.6. The number of nitrogens with zero attached hydrogens (tertiary/aromatic N) is 1. The third kappa shape index (κ3) is 6.20. The van der Waals surface area contributed by atoms with Crippen LogP contribution in [-0.2, 0) is 0 Å². The lowest BCUT2D eigenvalue weighted by Gasteiger charge is -2.28. The molecule has 5 rings (SSSR count). The fourth-order valence-electron chi connectivity index (χ4n) is 4.29. The summed E-state index contributed by atoms with van der Waals surface area (Å²) < 4.78 is 21.9. The summed E-state index contributed by atoms with van der Waals surface area (Å²) in [7, 11) is 3.12. The van der Waals surface area contributed by atoms with Gasteiger partial charge in [-0.25, -0.2) is 9.59 Å². The van der Waals surface area contributed by atoms with Gasteiger partial charge >= 0.3 is 11.9 Å². The summed E-state index contributed by atoms with van der Waals surface area (Å²) in [5.41, 5.74) is 2.15. The molecule has 204 valence electrons. The highest BCUT2D eigenvalue weighted by Gasteiger charge is 2.28. The first kappa shape index (κ1) is 27.0. The standard InChI is InChI=1S/C34H27NO6/c1-38-26-16-20-28(21-17-26)40-33(36)30-14-9-15-31(34(37)41-29-22-18-27(39-2)19-23-29)32(30)35(24-10-5-3-6-11-24)25-12-7-4-8-13-25/h3-23H,1-2H3. The molecule has 0 spiro atoms. The van der Waals surface area contributed by atoms with Crippen molar-refractivity contribution in [1.29, 1.82) is 0 Å². The number of para-hydroxylation sites is 3. The minimum absolute atomic E-state index is 0.178. The Morgan fingerprint density at radius 2 is 0.829 bits per heavy atom. The summed E-state index contributed by atoms with van der Waals surface area (Å²) in [4.78, 5) is 29.3. The molecule has 0 saturated heterocycles. The van der Waals surface area contributed by atoms with E-state index in [1.807, 2.05) is 65.6 Å². The Labute approximate surface area is 238 Å². The lowest BCUT2D eigenvalue weighted by Crippen LogP contribution is -2.22. The smallest absolute Gasteiger partial charge is 0.345 e. The van der Waals surface area contributed by atoms with Crippen LogP contribution >= 0.6 is 0 Å². The summed E-state index contributed by atoms with van der Waals surface area (Å²) >= 11 is 0. The molecule has 5 aromatic rings. The third-order valence-corrected chi connectivity index (χ3v) is 6.27. The number of carbonyl (C=O) groups excluding carboxylic acids is 2. The van der Waals surface area contributed by atoms with Crippen LogP contribution in [0.25, 0.3) is 0 Å². The molecule has 0 amide bonds. The molecule has 0 radical (unpaired) electrons. The van der Waals surface area contributed by atoms with Crippen molar-refractivity contribution in [3.05, 3.63) is 139 Å². The largest absolute Gasteiger partial charge is 0.497 e. The summed E-state index contributed by atoms with van der Waals surface area (Å²) in [6.45, 7) is 0. The molecule has 0 atom stereocenters. The maximum absolute atomic E-state index is 13.7. The SMILES string of the molecule is COc1ccc(OC(=O)c2cccc(C(=O)Oc3ccc(OC)cc3)c2N(c2ccccc2)c2ccccc2)cc1. The molecule has 7 heteroatoms. The molecule has 7 nitrogen and oxygen atoms in total. The van der Waals surface area contributed by atoms with Crippen molar-refractivity contribution in [1.82, 2.24) is 0 Å². The van der Waals surface area contributed by atoms with E-state index in [1.54, 1.807) is 80.9 Å². The minimum Gasteiger partial charge on any atom is -0.497 e. The lowest BCUT2D eigenvalue weighted by molar-refractivity contribution is 0.0734. The Hall–Kier alpha value is -5.56. The Morgan fingerprint density at radius 1 is 0.463 bits per heavy atom. The second-order valence-electron chi connectivity index (χ2n) is 8.84. The first-order chi connectivity index (χ1) is 20.1. The number of hydrogen-bond donors (Lipinski definition) is 0. The Kier molecular flexibility index (Phi) is 8.26. The van der Waals surface area contributed by atoms with Gasteiger partial charge in [0.1, 0.15) is 23.0 Å². The summed E-state index contributed by atoms with van der Waals surface area (Å²) in [5, 5.41) is 0. The molecule has 0 bridgehead atoms. The van der Waals surface area contributed by atoms with Gasteiger partial charge in [-0.15, -0.1) is 0 Å². The number of methoxy groups -OCH3 is 2. The van der Waals surface area contributed by atoms with E-state index in [0.717, 1.165) is 11.4 Å². The van der Waals surface area contributed by atoms with E-state index in [4.69, 9.17) is 18.9 Å². The van der Waals surface area contributed by atoms with Crippen LogP contribution in [0.3, 0.4) is 0 Å². The van der Waals surface area contributed by atoms with E-state index in [1.165, 1.54) is 0 Å². The zero-order valence-corrected chi connectivity index (χ0v) is 22.5. The summed E-state index contributed by atoms with van der Waals surface area (Å²) in [5.74, 6) is 0.654. The molecule has 0 unspecified atom stereocenters. The summed E-state index contributed by atoms with van der Waals surface area (Å²) in [6, 6.07) is 37.2. The van der Waals surface area contributed by atoms with E-state index in [9.17, 15) is 9.59 Å². The van der Waals surface area contributed by atoms with Crippen LogP contribution in [0.1, 0.15) is 20.7 Å². The zero-order valence-electron chi connectivity index (χ0n) is 22.5. The molecule has 0 aliphatic heterocycles. The number of carbonyl (C=O) groups is 2. The number of ether oxygens (including phenoxy) is 4. The highest BCUT2D eigenvalue weighted by atomic mass is 16.5. The van der Waals surface area contributed by atoms with Gasteiger partial charge in [-0.2, -0.15) is 0 Å². The first-order valence-corrected chi connectivity index (χ1v) is 12.8. The maximum atomic E-state index is 13.7. The molecule has 0 saturated carbocycles. The van der Waals surface area contributed by atoms with Gasteiger partial charge in [-0.05, 0) is 84.9 Å². The van der Waals surface area contributed by atoms with Crippen molar-refractivity contribution in [3.8, 4) is 23.0 Å². The van der Waals surface area contributed by atoms with Gasteiger partial charge in [0.15, 0.2) is 0 Å². The Balaban J connectivity index is 1.63. The number of anilines is 3. The molecule has 0 heterocycles. The second kappa shape index (κ2) is 12.5. The van der Waals surface area contributed by atoms with Gasteiger partial charge < -0.3 is 23.8 Å². The van der Waals surface area contributed by atoms with Gasteiger partial charge in [0.2, 0.25) is 0 Å². The summed E-state index contributed by atoms with van der Waals surface area (Å²) in [6.07, 6.45) is 0. The van der Waals surface area contributed by atoms with Crippen LogP contribution < -0.4 is 23.8 Å². The predicted molar refractivity (Wildman–Crippen MR) is 157 cm³/mol. The highest BCUT2D eigenvalue weighted by Crippen LogP contribution is 2.40. The highest BCUT2D eigenvalue weighted by molar-refractivity contribution is 6.08. The van der Waals surface area contributed by atoms with Crippen molar-refractivity contribution < 1.29 is 28.5 Å². The molecule has 0 aliphatic rings. The number of rotatable bonds is 9. The number of hydrogen-bond acceptors (Lipinski definition) is 7. The molecule has 0 aliphatic carbocycles. The number of benzene rings is 5. The molecule has 41 heavy (non-hydrogen) atoms. The van der Waals surface area contributed by atoms with E-state index in [0.29, 0.717) is 28.7 Å². The van der Waals surface area contributed by atoms with Gasteiger partial charge in [0.05, 0.1) is 31.0 Å². The van der Waals surface area contributed by atoms with E-state index < -0.39 is 11.9 Å². The first-order valence-electron chi connectivity index (χ1n) is 12.8. The Bertz CT molecular complexity index is 1500. The minimum atomic E-state index is -0.638. The van der Waals surface area contributed by atoms with Crippen LogP contribution in [-0.4, -0.2) is 26.2 Å². The normalized spacial score (nSPS) is 10.4. The van der Waals surface area contributed by atoms with Crippen molar-refractivity contribution in [2.45, 2.75) is 0 Å². The van der Waals surface area contributed by atoms with Crippen LogP contribution in [0.5, 0.6) is 23.0 Å². The van der Waals surface area contributed by atoms with Crippen LogP contribution in [0.2, 0.25) is 0 Å². The fraction of sp³-hybridized carbons (Fsp3) is 0.0588. The predicted octanol–water partition coefficient (Wildman–Crippen LogP) is 7.61. The quantitative estimate of drug-likeness (QED) is 0.139. The van der Waals surface area contributed by atoms with E-state index in [-0.39, 0.29) is 11.1 Å². The molecule has 0 N–H and O–H groups in total. The van der Waals surface area contributed by atoms with Crippen LogP contribution in [0.15, 0.2) is 127 Å². The van der Waals surface area contributed by atoms with Gasteiger partial charge in [0.25, 0.3) is 0 Å². The van der Waals surface area contributed by atoms with Crippen molar-refractivity contribution in [3.63, 3.8) is 0 Å². The fourth-order valence-corrected chi connectivity index (χ4v) is 4.29. The monoisotopic (exact) mass is 545 g/mol. The average Bonchev–Trinajstić information content (AvgIpc) is 3.03. The molecular formula is C34H27NO6. The lowest BCUT2D eigenvalue weighted by atomic mass is 10.0. The molecule has 5 aromatic carbocycles. The average molecular weight is 546 g/mol. The van der Waals surface area contributed by atoms with Crippen molar-refractivity contribution >= 4 is 29.0 Å². The molecule has 0 aromatic heterocycles. The molecule has 0 fully saturated rings. The maximum Gasteiger partial charge on any atom is 0.345 e. The third-order valence-electron chi connectivity index (χ3n) is 6.27.